The van der Waals surface area contributed by atoms with Gasteiger partial charge in [-0.25, -0.2) is 4.90 Å². The first-order chi connectivity index (χ1) is 16.1. The second-order valence-corrected chi connectivity index (χ2v) is 11.0. The summed E-state index contributed by atoms with van der Waals surface area (Å²) in [6.07, 6.45) is 7.60. The molecular formula is C28H38N2O4. The van der Waals surface area contributed by atoms with Crippen molar-refractivity contribution in [3.63, 3.8) is 0 Å². The van der Waals surface area contributed by atoms with E-state index in [4.69, 9.17) is 4.74 Å². The molecule has 1 saturated carbocycles. The number of carbonyl (C=O) groups is 3. The molecule has 3 amide bonds. The molecule has 1 saturated heterocycles. The van der Waals surface area contributed by atoms with Crippen molar-refractivity contribution in [3.05, 3.63) is 35.9 Å². The Morgan fingerprint density at radius 3 is 2.32 bits per heavy atom. The van der Waals surface area contributed by atoms with Gasteiger partial charge in [0.25, 0.3) is 5.91 Å². The number of hydrogen-bond donors (Lipinski definition) is 0. The van der Waals surface area contributed by atoms with E-state index in [1.165, 1.54) is 23.3 Å². The minimum atomic E-state index is -0.747. The summed E-state index contributed by atoms with van der Waals surface area (Å²) >= 11 is 0. The van der Waals surface area contributed by atoms with E-state index in [0.717, 1.165) is 19.3 Å². The van der Waals surface area contributed by atoms with Gasteiger partial charge in [-0.05, 0) is 74.1 Å². The number of ether oxygens (including phenoxy) is 1. The van der Waals surface area contributed by atoms with Gasteiger partial charge in [0.15, 0.2) is 0 Å². The second-order valence-electron chi connectivity index (χ2n) is 11.0. The van der Waals surface area contributed by atoms with Gasteiger partial charge in [0.2, 0.25) is 11.8 Å². The first kappa shape index (κ1) is 24.5. The molecule has 1 aromatic rings. The fraction of sp³-hybridized carbons (Fsp3) is 0.607. The molecule has 1 aliphatic heterocycles. The molecule has 2 fully saturated rings. The standard InChI is InChI=1S/C28H38N2O4/c1-6-34-21-14-12-20(13-15-21)30-23(31)18-22(25(30)32)29(17-16-19-10-8-7-9-11-19)26(33)24-27(2,3)28(24,4)5/h10,12-15,22,24H,6-9,11,16-18H2,1-5H3. The van der Waals surface area contributed by atoms with Crippen molar-refractivity contribution < 1.29 is 19.1 Å². The third-order valence-electron chi connectivity index (χ3n) is 8.51. The lowest BCUT2D eigenvalue weighted by Crippen LogP contribution is -2.47. The maximum atomic E-state index is 13.8. The van der Waals surface area contributed by atoms with Crippen molar-refractivity contribution in [2.75, 3.05) is 18.1 Å². The van der Waals surface area contributed by atoms with Gasteiger partial charge in [-0.3, -0.25) is 14.4 Å². The molecule has 3 aliphatic rings. The molecule has 0 aromatic heterocycles. The molecule has 1 heterocycles. The summed E-state index contributed by atoms with van der Waals surface area (Å²) in [4.78, 5) is 43.3. The molecule has 0 spiro atoms. The highest BCUT2D eigenvalue weighted by Crippen LogP contribution is 2.69. The molecule has 0 N–H and O–H groups in total. The summed E-state index contributed by atoms with van der Waals surface area (Å²) in [6, 6.07) is 6.24. The lowest BCUT2D eigenvalue weighted by molar-refractivity contribution is -0.140. The summed E-state index contributed by atoms with van der Waals surface area (Å²) in [7, 11) is 0. The summed E-state index contributed by atoms with van der Waals surface area (Å²) < 4.78 is 5.48. The van der Waals surface area contributed by atoms with E-state index in [1.54, 1.807) is 29.2 Å². The van der Waals surface area contributed by atoms with Crippen molar-refractivity contribution >= 4 is 23.4 Å². The van der Waals surface area contributed by atoms with E-state index < -0.39 is 6.04 Å². The van der Waals surface area contributed by atoms with Crippen molar-refractivity contribution in [2.45, 2.75) is 79.2 Å². The van der Waals surface area contributed by atoms with E-state index in [1.807, 2.05) is 6.92 Å². The Bertz CT molecular complexity index is 978. The van der Waals surface area contributed by atoms with Gasteiger partial charge in [0.05, 0.1) is 18.7 Å². The summed E-state index contributed by atoms with van der Waals surface area (Å²) in [5.74, 6) is -0.0222. The normalized spacial score (nSPS) is 23.6. The lowest BCUT2D eigenvalue weighted by Gasteiger charge is -2.29. The van der Waals surface area contributed by atoms with Crippen LogP contribution >= 0.6 is 0 Å². The van der Waals surface area contributed by atoms with Crippen LogP contribution in [-0.4, -0.2) is 41.8 Å². The smallest absolute Gasteiger partial charge is 0.257 e. The first-order valence-corrected chi connectivity index (χ1v) is 12.7. The number of anilines is 1. The van der Waals surface area contributed by atoms with Crippen molar-refractivity contribution in [3.8, 4) is 5.75 Å². The molecule has 0 bridgehead atoms. The molecule has 6 heteroatoms. The predicted molar refractivity (Wildman–Crippen MR) is 132 cm³/mol. The van der Waals surface area contributed by atoms with Crippen LogP contribution in [0.2, 0.25) is 0 Å². The summed E-state index contributed by atoms with van der Waals surface area (Å²) in [5.41, 5.74) is 1.62. The van der Waals surface area contributed by atoms with Gasteiger partial charge < -0.3 is 9.64 Å². The van der Waals surface area contributed by atoms with Crippen LogP contribution in [0.5, 0.6) is 5.75 Å². The highest BCUT2D eigenvalue weighted by Gasteiger charge is 2.69. The molecular weight excluding hydrogens is 428 g/mol. The fourth-order valence-corrected chi connectivity index (χ4v) is 5.78. The Hall–Kier alpha value is -2.63. The number of imide groups is 1. The van der Waals surface area contributed by atoms with Crippen molar-refractivity contribution in [1.82, 2.24) is 4.90 Å². The molecule has 184 valence electrons. The molecule has 1 aromatic carbocycles. The van der Waals surface area contributed by atoms with Gasteiger partial charge in [-0.15, -0.1) is 0 Å². The zero-order valence-corrected chi connectivity index (χ0v) is 21.2. The monoisotopic (exact) mass is 466 g/mol. The maximum Gasteiger partial charge on any atom is 0.257 e. The predicted octanol–water partition coefficient (Wildman–Crippen LogP) is 5.12. The van der Waals surface area contributed by atoms with E-state index in [9.17, 15) is 14.4 Å². The molecule has 6 nitrogen and oxygen atoms in total. The minimum absolute atomic E-state index is 0.00565. The van der Waals surface area contributed by atoms with Crippen LogP contribution in [0.1, 0.15) is 73.1 Å². The highest BCUT2D eigenvalue weighted by molar-refractivity contribution is 6.23. The van der Waals surface area contributed by atoms with Crippen molar-refractivity contribution in [2.24, 2.45) is 16.7 Å². The van der Waals surface area contributed by atoms with Crippen LogP contribution in [0.15, 0.2) is 35.9 Å². The number of rotatable bonds is 8. The number of allylic oxidation sites excluding steroid dienone is 1. The average molecular weight is 467 g/mol. The van der Waals surface area contributed by atoms with E-state index in [0.29, 0.717) is 24.6 Å². The number of benzene rings is 1. The fourth-order valence-electron chi connectivity index (χ4n) is 5.78. The van der Waals surface area contributed by atoms with Gasteiger partial charge >= 0.3 is 0 Å². The molecule has 1 atom stereocenters. The average Bonchev–Trinajstić information content (AvgIpc) is 3.03. The Balaban J connectivity index is 1.57. The van der Waals surface area contributed by atoms with Crippen LogP contribution in [0, 0.1) is 16.7 Å². The SMILES string of the molecule is CCOc1ccc(N2C(=O)CC(N(CCC3=CCCCC3)C(=O)C3C(C)(C)C3(C)C)C2=O)cc1. The number of amides is 3. The van der Waals surface area contributed by atoms with E-state index >= 15 is 0 Å². The molecule has 4 rings (SSSR count). The topological polar surface area (TPSA) is 66.9 Å². The first-order valence-electron chi connectivity index (χ1n) is 12.7. The van der Waals surface area contributed by atoms with Crippen LogP contribution in [0.25, 0.3) is 0 Å². The largest absolute Gasteiger partial charge is 0.494 e. The van der Waals surface area contributed by atoms with Crippen LogP contribution < -0.4 is 9.64 Å². The molecule has 34 heavy (non-hydrogen) atoms. The quantitative estimate of drug-likeness (QED) is 0.394. The zero-order valence-electron chi connectivity index (χ0n) is 21.2. The highest BCUT2D eigenvalue weighted by atomic mass is 16.5. The molecule has 2 aliphatic carbocycles. The Labute approximate surface area is 203 Å². The maximum absolute atomic E-state index is 13.8. The lowest BCUT2D eigenvalue weighted by atomic mass is 9.96. The number of nitrogens with zero attached hydrogens (tertiary/aromatic N) is 2. The zero-order chi connectivity index (χ0) is 24.7. The van der Waals surface area contributed by atoms with Crippen LogP contribution in [0.3, 0.4) is 0 Å². The Morgan fingerprint density at radius 1 is 1.09 bits per heavy atom. The minimum Gasteiger partial charge on any atom is -0.494 e. The summed E-state index contributed by atoms with van der Waals surface area (Å²) in [6.45, 7) is 11.4. The van der Waals surface area contributed by atoms with Crippen molar-refractivity contribution in [1.29, 1.82) is 0 Å². The third kappa shape index (κ3) is 4.27. The van der Waals surface area contributed by atoms with E-state index in [-0.39, 0.29) is 40.9 Å². The number of hydrogen-bond acceptors (Lipinski definition) is 4. The summed E-state index contributed by atoms with van der Waals surface area (Å²) in [5, 5.41) is 0. The van der Waals surface area contributed by atoms with Gasteiger partial charge in [-0.1, -0.05) is 39.3 Å². The van der Waals surface area contributed by atoms with Crippen LogP contribution in [-0.2, 0) is 14.4 Å². The van der Waals surface area contributed by atoms with Crippen LogP contribution in [0.4, 0.5) is 5.69 Å². The van der Waals surface area contributed by atoms with Gasteiger partial charge in [-0.2, -0.15) is 0 Å². The Kier molecular flexibility index (Phi) is 6.63. The number of carbonyl (C=O) groups excluding carboxylic acids is 3. The Morgan fingerprint density at radius 2 is 1.76 bits per heavy atom. The molecule has 0 radical (unpaired) electrons. The third-order valence-corrected chi connectivity index (χ3v) is 8.51. The van der Waals surface area contributed by atoms with Gasteiger partial charge in [0.1, 0.15) is 11.8 Å². The van der Waals surface area contributed by atoms with E-state index in [2.05, 4.69) is 33.8 Å². The van der Waals surface area contributed by atoms with Gasteiger partial charge in [0, 0.05) is 12.5 Å². The second kappa shape index (κ2) is 9.20. The molecule has 1 unspecified atom stereocenters.